The highest BCUT2D eigenvalue weighted by Crippen LogP contribution is 2.34. The van der Waals surface area contributed by atoms with Crippen LogP contribution in [0.5, 0.6) is 0 Å². The summed E-state index contributed by atoms with van der Waals surface area (Å²) in [7, 11) is 1.98. The van der Waals surface area contributed by atoms with Crippen molar-refractivity contribution in [2.24, 2.45) is 7.05 Å². The third-order valence-corrected chi connectivity index (χ3v) is 6.37. The third-order valence-electron chi connectivity index (χ3n) is 6.37. The number of rotatable bonds is 5. The number of hydrogen-bond donors (Lipinski definition) is 1. The first-order chi connectivity index (χ1) is 13.7. The summed E-state index contributed by atoms with van der Waals surface area (Å²) in [6.45, 7) is 4.45. The molecule has 1 atom stereocenters. The Morgan fingerprint density at radius 3 is 2.61 bits per heavy atom. The molecular weight excluding hydrogens is 348 g/mol. The van der Waals surface area contributed by atoms with Crippen molar-refractivity contribution in [1.82, 2.24) is 20.0 Å². The lowest BCUT2D eigenvalue weighted by Crippen LogP contribution is -2.54. The molecule has 2 aromatic rings. The lowest BCUT2D eigenvalue weighted by Gasteiger charge is -2.34. The molecule has 5 heteroatoms. The summed E-state index contributed by atoms with van der Waals surface area (Å²) in [6, 6.07) is 9.02. The lowest BCUT2D eigenvalue weighted by molar-refractivity contribution is -0.129. The fourth-order valence-corrected chi connectivity index (χ4v) is 4.86. The van der Waals surface area contributed by atoms with Crippen LogP contribution in [0, 0.1) is 0 Å². The summed E-state index contributed by atoms with van der Waals surface area (Å²) >= 11 is 0. The molecule has 1 amide bonds. The Balaban J connectivity index is 1.55. The van der Waals surface area contributed by atoms with Crippen LogP contribution in [0.2, 0.25) is 0 Å². The van der Waals surface area contributed by atoms with Gasteiger partial charge in [-0.3, -0.25) is 14.4 Å². The van der Waals surface area contributed by atoms with Crippen LogP contribution in [-0.4, -0.2) is 39.7 Å². The van der Waals surface area contributed by atoms with Gasteiger partial charge < -0.3 is 5.32 Å². The summed E-state index contributed by atoms with van der Waals surface area (Å²) < 4.78 is 1.89. The monoisotopic (exact) mass is 380 g/mol. The first-order valence-corrected chi connectivity index (χ1v) is 10.8. The molecule has 0 spiro atoms. The zero-order valence-electron chi connectivity index (χ0n) is 17.2. The quantitative estimate of drug-likeness (QED) is 0.857. The van der Waals surface area contributed by atoms with Crippen molar-refractivity contribution in [2.45, 2.75) is 64.0 Å². The Morgan fingerprint density at radius 2 is 1.89 bits per heavy atom. The fraction of sp³-hybridized carbons (Fsp3) is 0.565. The second-order valence-electron chi connectivity index (χ2n) is 8.32. The molecule has 5 nitrogen and oxygen atoms in total. The molecule has 0 unspecified atom stereocenters. The maximum absolute atomic E-state index is 12.2. The van der Waals surface area contributed by atoms with Crippen molar-refractivity contribution < 1.29 is 4.79 Å². The molecule has 0 radical (unpaired) electrons. The van der Waals surface area contributed by atoms with Crippen LogP contribution in [0.15, 0.2) is 30.5 Å². The summed E-state index contributed by atoms with van der Waals surface area (Å²) in [6.07, 6.45) is 9.69. The van der Waals surface area contributed by atoms with Crippen LogP contribution >= 0.6 is 0 Å². The normalized spacial score (nSPS) is 21.6. The highest BCUT2D eigenvalue weighted by Gasteiger charge is 2.29. The zero-order chi connectivity index (χ0) is 19.5. The second-order valence-corrected chi connectivity index (χ2v) is 8.32. The number of hydrogen-bond acceptors (Lipinski definition) is 3. The van der Waals surface area contributed by atoms with Crippen molar-refractivity contribution in [2.75, 3.05) is 13.1 Å². The Kier molecular flexibility index (Phi) is 5.81. The van der Waals surface area contributed by atoms with E-state index in [1.807, 2.05) is 11.7 Å². The van der Waals surface area contributed by atoms with E-state index in [9.17, 15) is 4.79 Å². The SMILES string of the molecule is CC[C@H]1C(=O)NCCN1Cc1cn(C)nc1-c1ccc(C2CCCCC2)cc1. The van der Waals surface area contributed by atoms with Gasteiger partial charge in [-0.25, -0.2) is 0 Å². The molecule has 150 valence electrons. The van der Waals surface area contributed by atoms with Gasteiger partial charge in [0.25, 0.3) is 0 Å². The molecule has 1 aromatic heterocycles. The van der Waals surface area contributed by atoms with Crippen molar-refractivity contribution in [1.29, 1.82) is 0 Å². The molecule has 1 aliphatic carbocycles. The van der Waals surface area contributed by atoms with E-state index < -0.39 is 0 Å². The van der Waals surface area contributed by atoms with Gasteiger partial charge in [-0.2, -0.15) is 5.10 Å². The third kappa shape index (κ3) is 4.00. The average molecular weight is 381 g/mol. The molecule has 2 heterocycles. The van der Waals surface area contributed by atoms with E-state index in [2.05, 4.69) is 47.6 Å². The summed E-state index contributed by atoms with van der Waals surface area (Å²) in [5.74, 6) is 0.874. The van der Waals surface area contributed by atoms with E-state index >= 15 is 0 Å². The zero-order valence-corrected chi connectivity index (χ0v) is 17.2. The first-order valence-electron chi connectivity index (χ1n) is 10.8. The van der Waals surface area contributed by atoms with Crippen LogP contribution in [0.25, 0.3) is 11.3 Å². The van der Waals surface area contributed by atoms with Gasteiger partial charge in [0.05, 0.1) is 11.7 Å². The number of aryl methyl sites for hydroxylation is 1. The Hall–Kier alpha value is -2.14. The highest BCUT2D eigenvalue weighted by molar-refractivity contribution is 5.82. The summed E-state index contributed by atoms with van der Waals surface area (Å²) in [4.78, 5) is 14.5. The van der Waals surface area contributed by atoms with E-state index in [1.165, 1.54) is 48.8 Å². The van der Waals surface area contributed by atoms with E-state index in [0.29, 0.717) is 0 Å². The molecule has 1 aliphatic heterocycles. The minimum absolute atomic E-state index is 0.0458. The number of carbonyl (C=O) groups is 1. The van der Waals surface area contributed by atoms with E-state index in [4.69, 9.17) is 5.10 Å². The standard InChI is InChI=1S/C23H32N4O/c1-3-21-23(28)24-13-14-27(21)16-20-15-26(2)25-22(20)19-11-9-18(10-12-19)17-7-5-4-6-8-17/h9-12,15,17,21H,3-8,13-14,16H2,1-2H3,(H,24,28)/t21-/m0/s1. The molecule has 1 aromatic carbocycles. The van der Waals surface area contributed by atoms with Gasteiger partial charge in [-0.1, -0.05) is 50.5 Å². The van der Waals surface area contributed by atoms with Crippen LogP contribution < -0.4 is 5.32 Å². The minimum Gasteiger partial charge on any atom is -0.353 e. The molecule has 2 fully saturated rings. The largest absolute Gasteiger partial charge is 0.353 e. The van der Waals surface area contributed by atoms with Gasteiger partial charge in [0.15, 0.2) is 0 Å². The molecule has 0 bridgehead atoms. The van der Waals surface area contributed by atoms with Crippen molar-refractivity contribution in [3.05, 3.63) is 41.6 Å². The molecule has 1 saturated carbocycles. The predicted octanol–water partition coefficient (Wildman–Crippen LogP) is 3.85. The van der Waals surface area contributed by atoms with Gasteiger partial charge in [-0.15, -0.1) is 0 Å². The van der Waals surface area contributed by atoms with E-state index in [0.717, 1.165) is 37.7 Å². The van der Waals surface area contributed by atoms with Crippen LogP contribution in [0.3, 0.4) is 0 Å². The Morgan fingerprint density at radius 1 is 1.14 bits per heavy atom. The number of aromatic nitrogens is 2. The number of nitrogens with zero attached hydrogens (tertiary/aromatic N) is 3. The molecule has 4 rings (SSSR count). The number of amides is 1. The Bertz CT molecular complexity index is 805. The first kappa shape index (κ1) is 19.2. The number of piperazine rings is 1. The van der Waals surface area contributed by atoms with Gasteiger partial charge in [0.1, 0.15) is 0 Å². The molecule has 1 saturated heterocycles. The minimum atomic E-state index is -0.0458. The molecule has 1 N–H and O–H groups in total. The van der Waals surface area contributed by atoms with E-state index in [-0.39, 0.29) is 11.9 Å². The topological polar surface area (TPSA) is 50.2 Å². The van der Waals surface area contributed by atoms with Gasteiger partial charge in [-0.05, 0) is 30.7 Å². The van der Waals surface area contributed by atoms with Crippen molar-refractivity contribution in [3.8, 4) is 11.3 Å². The average Bonchev–Trinajstić information content (AvgIpc) is 3.09. The number of nitrogens with one attached hydrogen (secondary N) is 1. The van der Waals surface area contributed by atoms with Crippen LogP contribution in [0.4, 0.5) is 0 Å². The number of carbonyl (C=O) groups excluding carboxylic acids is 1. The van der Waals surface area contributed by atoms with Gasteiger partial charge >= 0.3 is 0 Å². The van der Waals surface area contributed by atoms with Crippen molar-refractivity contribution in [3.63, 3.8) is 0 Å². The molecular formula is C23H32N4O. The molecule has 28 heavy (non-hydrogen) atoms. The Labute approximate surface area is 168 Å². The second kappa shape index (κ2) is 8.48. The van der Waals surface area contributed by atoms with Crippen molar-refractivity contribution >= 4 is 5.91 Å². The predicted molar refractivity (Wildman–Crippen MR) is 112 cm³/mol. The summed E-state index contributed by atoms with van der Waals surface area (Å²) in [5, 5.41) is 7.73. The summed E-state index contributed by atoms with van der Waals surface area (Å²) in [5.41, 5.74) is 4.88. The number of benzene rings is 1. The van der Waals surface area contributed by atoms with Gasteiger partial charge in [0, 0.05) is 44.0 Å². The lowest BCUT2D eigenvalue weighted by atomic mass is 9.84. The van der Waals surface area contributed by atoms with Crippen LogP contribution in [0.1, 0.15) is 62.5 Å². The highest BCUT2D eigenvalue weighted by atomic mass is 16.2. The smallest absolute Gasteiger partial charge is 0.237 e. The molecule has 2 aliphatic rings. The van der Waals surface area contributed by atoms with E-state index in [1.54, 1.807) is 0 Å². The maximum Gasteiger partial charge on any atom is 0.237 e. The maximum atomic E-state index is 12.2. The fourth-order valence-electron chi connectivity index (χ4n) is 4.86. The van der Waals surface area contributed by atoms with Gasteiger partial charge in [0.2, 0.25) is 5.91 Å². The van der Waals surface area contributed by atoms with Crippen LogP contribution in [-0.2, 0) is 18.4 Å².